The van der Waals surface area contributed by atoms with Crippen LogP contribution in [0.25, 0.3) is 11.0 Å². The fraction of sp³-hybridized carbons (Fsp3) is 0.176. The molecule has 27 heavy (non-hydrogen) atoms. The summed E-state index contributed by atoms with van der Waals surface area (Å²) in [7, 11) is -1.36. The van der Waals surface area contributed by atoms with Crippen molar-refractivity contribution >= 4 is 44.0 Å². The van der Waals surface area contributed by atoms with Crippen molar-refractivity contribution in [3.63, 3.8) is 0 Å². The Hall–Kier alpha value is -2.69. The first kappa shape index (κ1) is 19.1. The maximum Gasteiger partial charge on any atom is 0.349 e. The highest BCUT2D eigenvalue weighted by atomic mass is 32.2. The van der Waals surface area contributed by atoms with E-state index in [1.807, 2.05) is 0 Å². The second-order valence-corrected chi connectivity index (χ2v) is 8.01. The van der Waals surface area contributed by atoms with Crippen LogP contribution in [0.1, 0.15) is 15.2 Å². The van der Waals surface area contributed by atoms with E-state index in [9.17, 15) is 18.0 Å². The third-order valence-electron chi connectivity index (χ3n) is 3.67. The van der Waals surface area contributed by atoms with Crippen LogP contribution in [-0.2, 0) is 26.1 Å². The summed E-state index contributed by atoms with van der Waals surface area (Å²) < 4.78 is 42.5. The van der Waals surface area contributed by atoms with Crippen molar-refractivity contribution in [1.29, 1.82) is 0 Å². The van der Waals surface area contributed by atoms with Crippen LogP contribution in [0.3, 0.4) is 0 Å². The number of methoxy groups -OCH3 is 2. The molecule has 0 bridgehead atoms. The lowest BCUT2D eigenvalue weighted by atomic mass is 10.1. The molecule has 2 heterocycles. The van der Waals surface area contributed by atoms with Crippen molar-refractivity contribution in [2.24, 2.45) is 0 Å². The number of nitrogens with one attached hydrogen (secondary N) is 1. The van der Waals surface area contributed by atoms with Gasteiger partial charge in [0, 0.05) is 24.6 Å². The van der Waals surface area contributed by atoms with Gasteiger partial charge in [-0.1, -0.05) is 0 Å². The average molecular weight is 409 g/mol. The Kier molecular flexibility index (Phi) is 5.31. The van der Waals surface area contributed by atoms with Crippen molar-refractivity contribution in [2.45, 2.75) is 11.5 Å². The van der Waals surface area contributed by atoms with Gasteiger partial charge in [0.15, 0.2) is 0 Å². The number of carbonyl (C=O) groups excluding carboxylic acids is 1. The molecule has 0 saturated carbocycles. The minimum Gasteiger partial charge on any atom is -0.465 e. The molecule has 0 unspecified atom stereocenters. The summed E-state index contributed by atoms with van der Waals surface area (Å²) in [6.45, 7) is 0.213. The Morgan fingerprint density at radius 2 is 2.00 bits per heavy atom. The number of benzene rings is 1. The fourth-order valence-electron chi connectivity index (χ4n) is 2.53. The van der Waals surface area contributed by atoms with Crippen LogP contribution < -0.4 is 10.3 Å². The van der Waals surface area contributed by atoms with Gasteiger partial charge in [0.25, 0.3) is 10.0 Å². The van der Waals surface area contributed by atoms with Crippen molar-refractivity contribution in [3.05, 3.63) is 56.6 Å². The molecule has 0 aliphatic carbocycles. The summed E-state index contributed by atoms with van der Waals surface area (Å²) in [5, 5.41) is 2.11. The summed E-state index contributed by atoms with van der Waals surface area (Å²) in [6, 6.07) is 7.20. The maximum atomic E-state index is 12.7. The van der Waals surface area contributed by atoms with E-state index >= 15 is 0 Å². The molecule has 2 aromatic heterocycles. The molecule has 0 radical (unpaired) electrons. The zero-order chi connectivity index (χ0) is 19.6. The van der Waals surface area contributed by atoms with Gasteiger partial charge in [0.05, 0.1) is 19.4 Å². The minimum atomic E-state index is -4.04. The molecule has 8 nitrogen and oxygen atoms in total. The highest BCUT2D eigenvalue weighted by Crippen LogP contribution is 2.27. The number of esters is 1. The number of carbonyl (C=O) groups is 1. The number of rotatable bonds is 6. The first-order valence-electron chi connectivity index (χ1n) is 7.60. The molecule has 0 amide bonds. The van der Waals surface area contributed by atoms with Crippen molar-refractivity contribution in [1.82, 2.24) is 0 Å². The van der Waals surface area contributed by atoms with Gasteiger partial charge in [0.2, 0.25) is 0 Å². The molecule has 1 aromatic carbocycles. The van der Waals surface area contributed by atoms with E-state index in [2.05, 4.69) is 9.46 Å². The van der Waals surface area contributed by atoms with Gasteiger partial charge in [0.1, 0.15) is 15.4 Å². The van der Waals surface area contributed by atoms with Gasteiger partial charge in [-0.2, -0.15) is 0 Å². The number of hydrogen-bond donors (Lipinski definition) is 1. The van der Waals surface area contributed by atoms with Gasteiger partial charge in [-0.25, -0.2) is 18.0 Å². The largest absolute Gasteiger partial charge is 0.465 e. The zero-order valence-corrected chi connectivity index (χ0v) is 16.0. The Balaban J connectivity index is 2.00. The van der Waals surface area contributed by atoms with Crippen LogP contribution in [0, 0.1) is 0 Å². The van der Waals surface area contributed by atoms with Crippen molar-refractivity contribution in [3.8, 4) is 0 Å². The van der Waals surface area contributed by atoms with Gasteiger partial charge in [-0.15, -0.1) is 11.3 Å². The molecular weight excluding hydrogens is 394 g/mol. The van der Waals surface area contributed by atoms with E-state index in [-0.39, 0.29) is 27.6 Å². The molecule has 3 rings (SSSR count). The topological polar surface area (TPSA) is 112 Å². The smallest absolute Gasteiger partial charge is 0.349 e. The second-order valence-electron chi connectivity index (χ2n) is 5.45. The lowest BCUT2D eigenvalue weighted by Crippen LogP contribution is -2.15. The number of hydrogen-bond acceptors (Lipinski definition) is 8. The average Bonchev–Trinajstić information content (AvgIpc) is 3.11. The monoisotopic (exact) mass is 409 g/mol. The molecule has 0 aliphatic rings. The van der Waals surface area contributed by atoms with E-state index in [1.54, 1.807) is 6.07 Å². The third kappa shape index (κ3) is 3.87. The highest BCUT2D eigenvalue weighted by molar-refractivity contribution is 7.93. The van der Waals surface area contributed by atoms with Crippen LogP contribution in [0.4, 0.5) is 5.69 Å². The Bertz CT molecular complexity index is 1160. The third-order valence-corrected chi connectivity index (χ3v) is 6.12. The normalized spacial score (nSPS) is 11.5. The molecule has 0 aliphatic heterocycles. The molecule has 3 aromatic rings. The van der Waals surface area contributed by atoms with E-state index in [4.69, 9.17) is 9.15 Å². The Labute approximate surface area is 158 Å². The standard InChI is InChI=1S/C17H15NO7S2/c1-23-9-10-7-15(19)25-13-8-11(3-4-12(10)13)18-27(21,22)14-5-6-26-16(14)17(20)24-2/h3-8,18H,9H2,1-2H3. The fourth-order valence-corrected chi connectivity index (χ4v) is 4.91. The molecular formula is C17H15NO7S2. The SMILES string of the molecule is COCc1cc(=O)oc2cc(NS(=O)(=O)c3ccsc3C(=O)OC)ccc12. The molecule has 1 N–H and O–H groups in total. The van der Waals surface area contributed by atoms with E-state index < -0.39 is 21.6 Å². The van der Waals surface area contributed by atoms with Crippen LogP contribution in [0.5, 0.6) is 0 Å². The predicted octanol–water partition coefficient (Wildman–Crippen LogP) is 2.59. The molecule has 10 heteroatoms. The van der Waals surface area contributed by atoms with E-state index in [0.717, 1.165) is 11.3 Å². The van der Waals surface area contributed by atoms with Gasteiger partial charge in [-0.3, -0.25) is 4.72 Å². The second kappa shape index (κ2) is 7.51. The molecule has 0 atom stereocenters. The molecule has 142 valence electrons. The Morgan fingerprint density at radius 1 is 1.22 bits per heavy atom. The quantitative estimate of drug-likeness (QED) is 0.492. The number of sulfonamides is 1. The molecule has 0 fully saturated rings. The highest BCUT2D eigenvalue weighted by Gasteiger charge is 2.25. The summed E-state index contributed by atoms with van der Waals surface area (Å²) in [4.78, 5) is 23.2. The first-order chi connectivity index (χ1) is 12.9. The van der Waals surface area contributed by atoms with Crippen LogP contribution in [0.15, 0.2) is 49.8 Å². The number of anilines is 1. The van der Waals surface area contributed by atoms with Gasteiger partial charge in [-0.05, 0) is 29.1 Å². The summed E-state index contributed by atoms with van der Waals surface area (Å²) in [5.74, 6) is -0.737. The summed E-state index contributed by atoms with van der Waals surface area (Å²) >= 11 is 0.964. The van der Waals surface area contributed by atoms with Crippen LogP contribution in [0.2, 0.25) is 0 Å². The zero-order valence-electron chi connectivity index (χ0n) is 14.3. The minimum absolute atomic E-state index is 0.0281. The predicted molar refractivity (Wildman–Crippen MR) is 99.7 cm³/mol. The number of thiophene rings is 1. The summed E-state index contributed by atoms with van der Waals surface area (Å²) in [6.07, 6.45) is 0. The van der Waals surface area contributed by atoms with E-state index in [1.165, 1.54) is 43.9 Å². The Morgan fingerprint density at radius 3 is 2.70 bits per heavy atom. The lowest BCUT2D eigenvalue weighted by Gasteiger charge is -2.10. The number of ether oxygens (including phenoxy) is 2. The van der Waals surface area contributed by atoms with Gasteiger partial charge >= 0.3 is 11.6 Å². The molecule has 0 saturated heterocycles. The summed E-state index contributed by atoms with van der Waals surface area (Å²) in [5.41, 5.74) is 0.458. The molecule has 0 spiro atoms. The first-order valence-corrected chi connectivity index (χ1v) is 9.96. The van der Waals surface area contributed by atoms with Crippen LogP contribution in [-0.4, -0.2) is 28.6 Å². The van der Waals surface area contributed by atoms with Crippen molar-refractivity contribution < 1.29 is 27.1 Å². The number of fused-ring (bicyclic) bond motifs is 1. The van der Waals surface area contributed by atoms with Gasteiger partial charge < -0.3 is 13.9 Å². The maximum absolute atomic E-state index is 12.7. The van der Waals surface area contributed by atoms with Crippen LogP contribution >= 0.6 is 11.3 Å². The lowest BCUT2D eigenvalue weighted by molar-refractivity contribution is 0.0602. The van der Waals surface area contributed by atoms with Crippen molar-refractivity contribution in [2.75, 3.05) is 18.9 Å². The van der Waals surface area contributed by atoms with E-state index in [0.29, 0.717) is 10.9 Å².